The Morgan fingerprint density at radius 2 is 1.76 bits per heavy atom. The molecule has 0 aromatic heterocycles. The second-order valence-corrected chi connectivity index (χ2v) is 10.5. The van der Waals surface area contributed by atoms with Gasteiger partial charge in [-0.25, -0.2) is 4.39 Å². The molecule has 6 heteroatoms. The molecule has 142 valence electrons. The van der Waals surface area contributed by atoms with Gasteiger partial charge in [0.05, 0.1) is 12.0 Å². The van der Waals surface area contributed by atoms with Gasteiger partial charge in [0, 0.05) is 16.9 Å². The normalized spacial score (nSPS) is 16.2. The van der Waals surface area contributed by atoms with Gasteiger partial charge >= 0.3 is 5.97 Å². The first-order chi connectivity index (χ1) is 11.2. The number of carbonyl (C=O) groups is 1. The molecule has 0 bridgehead atoms. The van der Waals surface area contributed by atoms with Crippen LogP contribution in [0.1, 0.15) is 66.0 Å². The maximum Gasteiger partial charge on any atom is 0.308 e. The van der Waals surface area contributed by atoms with Crippen molar-refractivity contribution in [2.75, 3.05) is 0 Å². The number of hydrogen-bond donors (Lipinski definition) is 1. The second kappa shape index (κ2) is 7.64. The Balaban J connectivity index is 3.26. The zero-order valence-electron chi connectivity index (χ0n) is 16.5. The lowest BCUT2D eigenvalue weighted by Gasteiger charge is -2.35. The van der Waals surface area contributed by atoms with Crippen molar-refractivity contribution < 1.29 is 18.5 Å². The molecule has 4 nitrogen and oxygen atoms in total. The largest absolute Gasteiger partial charge is 0.598 e. The van der Waals surface area contributed by atoms with Crippen LogP contribution in [-0.2, 0) is 26.4 Å². The van der Waals surface area contributed by atoms with E-state index in [1.807, 2.05) is 20.8 Å². The van der Waals surface area contributed by atoms with Crippen LogP contribution in [-0.4, -0.2) is 20.9 Å². The third kappa shape index (κ3) is 6.28. The Morgan fingerprint density at radius 1 is 1.20 bits per heavy atom. The molecule has 25 heavy (non-hydrogen) atoms. The first-order valence-electron chi connectivity index (χ1n) is 8.33. The van der Waals surface area contributed by atoms with Gasteiger partial charge in [-0.1, -0.05) is 18.2 Å². The average Bonchev–Trinajstić information content (AvgIpc) is 2.37. The number of aryl methyl sites for hydroxylation is 1. The van der Waals surface area contributed by atoms with Crippen LogP contribution in [0.15, 0.2) is 18.2 Å². The Bertz CT molecular complexity index is 622. The van der Waals surface area contributed by atoms with E-state index in [1.54, 1.807) is 52.8 Å². The van der Waals surface area contributed by atoms with E-state index in [1.165, 1.54) is 0 Å². The molecule has 0 saturated carbocycles. The SMILES string of the molecule is Cc1cccc([C@](C)(CC(=O)OC(C)(C)C)N[S@+]([O-])C(C)(C)C)c1F. The smallest absolute Gasteiger partial charge is 0.308 e. The second-order valence-electron chi connectivity index (χ2n) is 8.51. The minimum Gasteiger partial charge on any atom is -0.598 e. The highest BCUT2D eigenvalue weighted by Gasteiger charge is 2.41. The van der Waals surface area contributed by atoms with E-state index in [2.05, 4.69) is 4.72 Å². The number of halogens is 1. The zero-order chi connectivity index (χ0) is 19.6. The number of ether oxygens (including phenoxy) is 1. The first-order valence-corrected chi connectivity index (χ1v) is 9.48. The summed E-state index contributed by atoms with van der Waals surface area (Å²) in [5.74, 6) is -0.888. The minimum atomic E-state index is -1.49. The lowest BCUT2D eigenvalue weighted by atomic mass is 9.88. The summed E-state index contributed by atoms with van der Waals surface area (Å²) in [6.07, 6.45) is -0.132. The Hall–Kier alpha value is -1.11. The van der Waals surface area contributed by atoms with E-state index in [9.17, 15) is 13.7 Å². The van der Waals surface area contributed by atoms with Crippen molar-refractivity contribution >= 4 is 17.3 Å². The van der Waals surface area contributed by atoms with Crippen LogP contribution in [0.5, 0.6) is 0 Å². The minimum absolute atomic E-state index is 0.132. The van der Waals surface area contributed by atoms with Crippen LogP contribution >= 0.6 is 0 Å². The summed E-state index contributed by atoms with van der Waals surface area (Å²) in [6, 6.07) is 5.00. The fourth-order valence-corrected chi connectivity index (χ4v) is 3.18. The Kier molecular flexibility index (Phi) is 6.70. The number of hydrogen-bond acceptors (Lipinski definition) is 4. The maximum atomic E-state index is 14.7. The molecular formula is C19H30FNO3S. The maximum absolute atomic E-state index is 14.7. The summed E-state index contributed by atoms with van der Waals surface area (Å²) in [5, 5.41) is 0. The highest BCUT2D eigenvalue weighted by molar-refractivity contribution is 7.90. The third-order valence-corrected chi connectivity index (χ3v) is 5.33. The lowest BCUT2D eigenvalue weighted by Crippen LogP contribution is -2.51. The van der Waals surface area contributed by atoms with E-state index < -0.39 is 39.0 Å². The van der Waals surface area contributed by atoms with E-state index in [0.29, 0.717) is 11.1 Å². The van der Waals surface area contributed by atoms with E-state index in [4.69, 9.17) is 4.74 Å². The van der Waals surface area contributed by atoms with Gasteiger partial charge in [-0.2, -0.15) is 0 Å². The van der Waals surface area contributed by atoms with Gasteiger partial charge in [0.15, 0.2) is 0 Å². The molecule has 0 aliphatic heterocycles. The predicted molar refractivity (Wildman–Crippen MR) is 100.0 cm³/mol. The van der Waals surface area contributed by atoms with Gasteiger partial charge < -0.3 is 9.29 Å². The zero-order valence-corrected chi connectivity index (χ0v) is 17.3. The van der Waals surface area contributed by atoms with Crippen molar-refractivity contribution in [3.8, 4) is 0 Å². The average molecular weight is 372 g/mol. The van der Waals surface area contributed by atoms with Crippen LogP contribution in [0.4, 0.5) is 4.39 Å². The summed E-state index contributed by atoms with van der Waals surface area (Å²) in [5.41, 5.74) is -1.03. The summed E-state index contributed by atoms with van der Waals surface area (Å²) < 4.78 is 35.2. The molecule has 1 aromatic rings. The van der Waals surface area contributed by atoms with Gasteiger partial charge in [0.2, 0.25) is 0 Å². The van der Waals surface area contributed by atoms with Gasteiger partial charge in [-0.05, 0) is 61.0 Å². The van der Waals surface area contributed by atoms with Crippen LogP contribution in [0.3, 0.4) is 0 Å². The van der Waals surface area contributed by atoms with E-state index in [0.717, 1.165) is 0 Å². The van der Waals surface area contributed by atoms with Crippen molar-refractivity contribution in [3.05, 3.63) is 35.1 Å². The molecule has 2 atom stereocenters. The van der Waals surface area contributed by atoms with E-state index >= 15 is 0 Å². The van der Waals surface area contributed by atoms with Crippen LogP contribution in [0, 0.1) is 12.7 Å². The highest BCUT2D eigenvalue weighted by Crippen LogP contribution is 2.32. The number of rotatable bonds is 5. The molecule has 0 aliphatic carbocycles. The lowest BCUT2D eigenvalue weighted by molar-refractivity contribution is -0.156. The van der Waals surface area contributed by atoms with Crippen molar-refractivity contribution in [2.45, 2.75) is 77.7 Å². The summed E-state index contributed by atoms with van der Waals surface area (Å²) >= 11 is -1.49. The molecule has 1 aromatic carbocycles. The molecule has 1 N–H and O–H groups in total. The molecule has 0 fully saturated rings. The fraction of sp³-hybridized carbons (Fsp3) is 0.632. The van der Waals surface area contributed by atoms with Crippen LogP contribution in [0.25, 0.3) is 0 Å². The fourth-order valence-electron chi connectivity index (χ4n) is 2.28. The monoisotopic (exact) mass is 371 g/mol. The topological polar surface area (TPSA) is 61.4 Å². The molecule has 0 saturated heterocycles. The summed E-state index contributed by atoms with van der Waals surface area (Å²) in [6.45, 7) is 14.1. The van der Waals surface area contributed by atoms with Crippen molar-refractivity contribution in [2.24, 2.45) is 0 Å². The van der Waals surface area contributed by atoms with Crippen LogP contribution < -0.4 is 4.72 Å². The van der Waals surface area contributed by atoms with Gasteiger partial charge in [-0.15, -0.1) is 4.72 Å². The summed E-state index contributed by atoms with van der Waals surface area (Å²) in [7, 11) is 0. The Morgan fingerprint density at radius 3 is 2.24 bits per heavy atom. The van der Waals surface area contributed by atoms with E-state index in [-0.39, 0.29) is 6.42 Å². The van der Waals surface area contributed by atoms with Crippen molar-refractivity contribution in [1.82, 2.24) is 4.72 Å². The standard InChI is InChI=1S/C19H30FNO3S/c1-13-10-9-11-14(16(13)20)19(8,21-25(23)18(5,6)7)12-15(22)24-17(2,3)4/h9-11,21H,12H2,1-8H3/t19-,25+/m0/s1. The molecule has 0 aliphatic rings. The van der Waals surface area contributed by atoms with Crippen molar-refractivity contribution in [1.29, 1.82) is 0 Å². The van der Waals surface area contributed by atoms with Crippen molar-refractivity contribution in [3.63, 3.8) is 0 Å². The molecule has 0 spiro atoms. The molecule has 0 heterocycles. The van der Waals surface area contributed by atoms with Gasteiger partial charge in [0.25, 0.3) is 0 Å². The van der Waals surface area contributed by atoms with Crippen LogP contribution in [0.2, 0.25) is 0 Å². The molecule has 1 rings (SSSR count). The quantitative estimate of drug-likeness (QED) is 0.624. The highest BCUT2D eigenvalue weighted by atomic mass is 32.2. The van der Waals surface area contributed by atoms with Gasteiger partial charge in [-0.3, -0.25) is 4.79 Å². The number of carbonyl (C=O) groups excluding carboxylic acids is 1. The third-order valence-electron chi connectivity index (χ3n) is 3.58. The number of esters is 1. The molecule has 0 amide bonds. The number of benzene rings is 1. The van der Waals surface area contributed by atoms with Gasteiger partial charge in [0.1, 0.15) is 16.2 Å². The summed E-state index contributed by atoms with van der Waals surface area (Å²) in [4.78, 5) is 12.4. The first kappa shape index (κ1) is 21.9. The molecule has 0 radical (unpaired) electrons. The Labute approximate surface area is 153 Å². The predicted octanol–water partition coefficient (Wildman–Crippen LogP) is 4.13. The molecule has 0 unspecified atom stereocenters. The molecular weight excluding hydrogens is 341 g/mol. The number of nitrogens with one attached hydrogen (secondary N) is 1.